The van der Waals surface area contributed by atoms with E-state index in [2.05, 4.69) is 4.98 Å². The number of aryl methyl sites for hydroxylation is 1. The van der Waals surface area contributed by atoms with E-state index in [1.807, 2.05) is 40.7 Å². The summed E-state index contributed by atoms with van der Waals surface area (Å²) in [6.45, 7) is 9.98. The Hall–Kier alpha value is -1.07. The van der Waals surface area contributed by atoms with E-state index < -0.39 is 7.12 Å². The van der Waals surface area contributed by atoms with Gasteiger partial charge in [0.1, 0.15) is 0 Å². The third-order valence-electron chi connectivity index (χ3n) is 3.67. The highest BCUT2D eigenvalue weighted by molar-refractivity contribution is 6.62. The van der Waals surface area contributed by atoms with Crippen LogP contribution in [0.1, 0.15) is 33.4 Å². The Morgan fingerprint density at radius 3 is 2.18 bits per heavy atom. The van der Waals surface area contributed by atoms with Gasteiger partial charge in [0.25, 0.3) is 0 Å². The molecule has 0 atom stereocenters. The average molecular weight is 234 g/mol. The van der Waals surface area contributed by atoms with Gasteiger partial charge in [-0.1, -0.05) is 0 Å². The topological polar surface area (TPSA) is 57.4 Å². The van der Waals surface area contributed by atoms with Crippen LogP contribution in [-0.2, 0) is 9.31 Å². The van der Waals surface area contributed by atoms with Gasteiger partial charge in [0, 0.05) is 11.7 Å². The maximum Gasteiger partial charge on any atom is 0.496 e. The molecule has 4 nitrogen and oxygen atoms in total. The van der Waals surface area contributed by atoms with Crippen molar-refractivity contribution in [2.45, 2.75) is 45.8 Å². The summed E-state index contributed by atoms with van der Waals surface area (Å²) in [6.07, 6.45) is 1.76. The van der Waals surface area contributed by atoms with Gasteiger partial charge in [0.2, 0.25) is 0 Å². The minimum atomic E-state index is -0.393. The zero-order valence-electron chi connectivity index (χ0n) is 11.1. The molecule has 0 bridgehead atoms. The number of nitrogen functional groups attached to an aromatic ring is 1. The van der Waals surface area contributed by atoms with Crippen LogP contribution in [-0.4, -0.2) is 23.3 Å². The molecule has 0 spiro atoms. The third-order valence-corrected chi connectivity index (χ3v) is 3.67. The number of aromatic nitrogens is 1. The molecule has 1 fully saturated rings. The Morgan fingerprint density at radius 1 is 1.18 bits per heavy atom. The Labute approximate surface area is 103 Å². The predicted molar refractivity (Wildman–Crippen MR) is 69.1 cm³/mol. The lowest BCUT2D eigenvalue weighted by molar-refractivity contribution is 0.00578. The fourth-order valence-corrected chi connectivity index (χ4v) is 1.68. The van der Waals surface area contributed by atoms with Crippen LogP contribution >= 0.6 is 0 Å². The Balaban J connectivity index is 2.29. The number of hydrogen-bond donors (Lipinski definition) is 1. The van der Waals surface area contributed by atoms with E-state index in [-0.39, 0.29) is 11.2 Å². The Bertz CT molecular complexity index is 430. The van der Waals surface area contributed by atoms with Crippen LogP contribution < -0.4 is 11.2 Å². The van der Waals surface area contributed by atoms with Gasteiger partial charge in [0.15, 0.2) is 0 Å². The molecule has 0 aromatic carbocycles. The molecule has 1 saturated heterocycles. The van der Waals surface area contributed by atoms with E-state index in [0.717, 1.165) is 11.2 Å². The molecule has 0 aliphatic carbocycles. The van der Waals surface area contributed by atoms with E-state index in [1.165, 1.54) is 0 Å². The zero-order valence-corrected chi connectivity index (χ0v) is 11.1. The molecule has 2 rings (SSSR count). The first-order valence-electron chi connectivity index (χ1n) is 5.80. The largest absolute Gasteiger partial charge is 0.496 e. The van der Waals surface area contributed by atoms with Crippen molar-refractivity contribution in [1.29, 1.82) is 0 Å². The number of nitrogens with two attached hydrogens (primary N) is 1. The van der Waals surface area contributed by atoms with Gasteiger partial charge >= 0.3 is 7.12 Å². The van der Waals surface area contributed by atoms with Crippen LogP contribution in [0.4, 0.5) is 5.69 Å². The Kier molecular flexibility index (Phi) is 2.71. The molecule has 2 N–H and O–H groups in total. The maximum atomic E-state index is 5.93. The second-order valence-electron chi connectivity index (χ2n) is 5.53. The summed E-state index contributed by atoms with van der Waals surface area (Å²) in [6, 6.07) is 1.87. The molecule has 0 amide bonds. The SMILES string of the molecule is Cc1ncc(B2OC(C)(C)C(C)(C)O2)cc1N. The molecule has 1 aliphatic heterocycles. The van der Waals surface area contributed by atoms with E-state index in [4.69, 9.17) is 15.0 Å². The van der Waals surface area contributed by atoms with E-state index in [0.29, 0.717) is 5.69 Å². The zero-order chi connectivity index (χ0) is 12.8. The molecule has 1 aromatic rings. The van der Waals surface area contributed by atoms with Crippen LogP contribution in [0.2, 0.25) is 0 Å². The summed E-state index contributed by atoms with van der Waals surface area (Å²) in [7, 11) is -0.393. The van der Waals surface area contributed by atoms with E-state index in [9.17, 15) is 0 Å². The lowest BCUT2D eigenvalue weighted by Crippen LogP contribution is -2.41. The predicted octanol–water partition coefficient (Wildman–Crippen LogP) is 1.27. The van der Waals surface area contributed by atoms with Crippen molar-refractivity contribution in [1.82, 2.24) is 4.98 Å². The monoisotopic (exact) mass is 234 g/mol. The number of hydrogen-bond acceptors (Lipinski definition) is 4. The van der Waals surface area contributed by atoms with Crippen molar-refractivity contribution in [3.05, 3.63) is 18.0 Å². The first kappa shape index (κ1) is 12.4. The fraction of sp³-hybridized carbons (Fsp3) is 0.583. The molecule has 92 valence electrons. The second kappa shape index (κ2) is 3.72. The second-order valence-corrected chi connectivity index (χ2v) is 5.53. The summed E-state index contributed by atoms with van der Waals surface area (Å²) in [5.74, 6) is 0. The molecular weight excluding hydrogens is 215 g/mol. The van der Waals surface area contributed by atoms with Gasteiger partial charge < -0.3 is 15.0 Å². The first-order valence-corrected chi connectivity index (χ1v) is 5.80. The lowest BCUT2D eigenvalue weighted by Gasteiger charge is -2.32. The quantitative estimate of drug-likeness (QED) is 0.743. The van der Waals surface area contributed by atoms with Gasteiger partial charge in [-0.05, 0) is 40.7 Å². The molecule has 1 aliphatic rings. The van der Waals surface area contributed by atoms with Crippen molar-refractivity contribution in [3.8, 4) is 0 Å². The minimum absolute atomic E-state index is 0.336. The highest BCUT2D eigenvalue weighted by Crippen LogP contribution is 2.36. The summed E-state index contributed by atoms with van der Waals surface area (Å²) in [5, 5.41) is 0. The van der Waals surface area contributed by atoms with Crippen molar-refractivity contribution >= 4 is 18.3 Å². The van der Waals surface area contributed by atoms with Crippen LogP contribution in [0, 0.1) is 6.92 Å². The van der Waals surface area contributed by atoms with E-state index in [1.54, 1.807) is 6.20 Å². The number of anilines is 1. The normalized spacial score (nSPS) is 21.8. The van der Waals surface area contributed by atoms with Crippen molar-refractivity contribution in [3.63, 3.8) is 0 Å². The maximum absolute atomic E-state index is 5.93. The Morgan fingerprint density at radius 2 is 1.71 bits per heavy atom. The van der Waals surface area contributed by atoms with Gasteiger partial charge in [0.05, 0.1) is 22.6 Å². The number of nitrogens with zero attached hydrogens (tertiary/aromatic N) is 1. The molecule has 1 aromatic heterocycles. The minimum Gasteiger partial charge on any atom is -0.399 e. The van der Waals surface area contributed by atoms with Gasteiger partial charge in [-0.15, -0.1) is 0 Å². The third kappa shape index (κ3) is 2.05. The van der Waals surface area contributed by atoms with Crippen molar-refractivity contribution in [2.24, 2.45) is 0 Å². The van der Waals surface area contributed by atoms with Crippen LogP contribution in [0.25, 0.3) is 0 Å². The number of rotatable bonds is 1. The van der Waals surface area contributed by atoms with Gasteiger partial charge in [-0.25, -0.2) is 0 Å². The van der Waals surface area contributed by atoms with Crippen LogP contribution in [0.3, 0.4) is 0 Å². The van der Waals surface area contributed by atoms with Crippen LogP contribution in [0.5, 0.6) is 0 Å². The summed E-state index contributed by atoms with van der Waals surface area (Å²) < 4.78 is 11.9. The van der Waals surface area contributed by atoms with Gasteiger partial charge in [-0.3, -0.25) is 4.98 Å². The number of pyridine rings is 1. The summed E-state index contributed by atoms with van der Waals surface area (Å²) in [5.41, 5.74) is 7.53. The van der Waals surface area contributed by atoms with Crippen molar-refractivity contribution < 1.29 is 9.31 Å². The molecule has 0 saturated carbocycles. The molecule has 0 unspecified atom stereocenters. The summed E-state index contributed by atoms with van der Waals surface area (Å²) >= 11 is 0. The first-order chi connectivity index (χ1) is 7.73. The molecule has 17 heavy (non-hydrogen) atoms. The highest BCUT2D eigenvalue weighted by atomic mass is 16.7. The fourth-order valence-electron chi connectivity index (χ4n) is 1.68. The molecule has 0 radical (unpaired) electrons. The van der Waals surface area contributed by atoms with Crippen molar-refractivity contribution in [2.75, 3.05) is 5.73 Å². The molecule has 5 heteroatoms. The highest BCUT2D eigenvalue weighted by Gasteiger charge is 2.51. The van der Waals surface area contributed by atoms with Crippen LogP contribution in [0.15, 0.2) is 12.3 Å². The summed E-state index contributed by atoms with van der Waals surface area (Å²) in [4.78, 5) is 4.23. The standard InChI is InChI=1S/C12H19BN2O2/c1-8-10(14)6-9(7-15-8)13-16-11(2,3)12(4,5)17-13/h6-7H,14H2,1-5H3. The van der Waals surface area contributed by atoms with E-state index >= 15 is 0 Å². The van der Waals surface area contributed by atoms with Gasteiger partial charge in [-0.2, -0.15) is 0 Å². The molecular formula is C12H19BN2O2. The smallest absolute Gasteiger partial charge is 0.399 e. The lowest BCUT2D eigenvalue weighted by atomic mass is 9.80. The average Bonchev–Trinajstić information content (AvgIpc) is 2.41. The molecule has 2 heterocycles.